The Morgan fingerprint density at radius 1 is 0.396 bits per heavy atom. The molecule has 0 aliphatic heterocycles. The van der Waals surface area contributed by atoms with Gasteiger partial charge < -0.3 is 9.32 Å². The van der Waals surface area contributed by atoms with Crippen LogP contribution in [0.4, 0.5) is 17.1 Å². The summed E-state index contributed by atoms with van der Waals surface area (Å²) in [6, 6.07) is 62.0. The molecule has 7 aromatic carbocycles. The fraction of sp³-hybridized carbons (Fsp3) is 0. The van der Waals surface area contributed by atoms with E-state index >= 15 is 0 Å². The predicted octanol–water partition coefficient (Wildman–Crippen LogP) is 12.6. The molecule has 0 spiro atoms. The first kappa shape index (κ1) is 27.8. The summed E-state index contributed by atoms with van der Waals surface area (Å²) in [4.78, 5) is 7.03. The highest BCUT2D eigenvalue weighted by molar-refractivity contribution is 6.16. The van der Waals surface area contributed by atoms with Crippen LogP contribution in [0.25, 0.3) is 66.2 Å². The minimum atomic E-state index is 0.807. The van der Waals surface area contributed by atoms with Crippen molar-refractivity contribution in [1.82, 2.24) is 4.98 Å². The first-order valence-electron chi connectivity index (χ1n) is 16.2. The number of para-hydroxylation sites is 2. The van der Waals surface area contributed by atoms with E-state index in [9.17, 15) is 0 Å². The van der Waals surface area contributed by atoms with E-state index in [2.05, 4.69) is 175 Å². The van der Waals surface area contributed by atoms with Crippen LogP contribution in [-0.4, -0.2) is 4.98 Å². The van der Waals surface area contributed by atoms with Gasteiger partial charge in [-0.15, -0.1) is 0 Å². The van der Waals surface area contributed by atoms with Gasteiger partial charge in [-0.25, -0.2) is 0 Å². The first-order valence-corrected chi connectivity index (χ1v) is 16.2. The van der Waals surface area contributed by atoms with E-state index in [4.69, 9.17) is 9.40 Å². The van der Waals surface area contributed by atoms with Crippen LogP contribution in [0.5, 0.6) is 0 Å². The van der Waals surface area contributed by atoms with Gasteiger partial charge in [0.1, 0.15) is 5.52 Å². The summed E-state index contributed by atoms with van der Waals surface area (Å²) in [6.45, 7) is 0. The minimum Gasteiger partial charge on any atom is -0.452 e. The number of nitrogens with zero attached hydrogens (tertiary/aromatic N) is 2. The number of rotatable bonds is 6. The second kappa shape index (κ2) is 11.7. The number of furan rings is 1. The van der Waals surface area contributed by atoms with Gasteiger partial charge in [-0.1, -0.05) is 140 Å². The molecule has 9 rings (SSSR count). The Bertz CT molecular complexity index is 2540. The van der Waals surface area contributed by atoms with E-state index < -0.39 is 0 Å². The molecule has 0 amide bonds. The molecular formula is C45H30N2O. The van der Waals surface area contributed by atoms with Gasteiger partial charge in [-0.3, -0.25) is 4.98 Å². The van der Waals surface area contributed by atoms with Gasteiger partial charge in [0.25, 0.3) is 0 Å². The van der Waals surface area contributed by atoms with Crippen molar-refractivity contribution in [3.05, 3.63) is 182 Å². The molecule has 0 unspecified atom stereocenters. The monoisotopic (exact) mass is 614 g/mol. The molecule has 226 valence electrons. The normalized spacial score (nSPS) is 11.3. The summed E-state index contributed by atoms with van der Waals surface area (Å²) in [5.41, 5.74) is 12.6. The van der Waals surface area contributed by atoms with Gasteiger partial charge in [0, 0.05) is 33.6 Å². The van der Waals surface area contributed by atoms with Crippen molar-refractivity contribution < 1.29 is 4.42 Å². The van der Waals surface area contributed by atoms with Crippen molar-refractivity contribution in [3.8, 4) is 33.4 Å². The van der Waals surface area contributed by atoms with Crippen LogP contribution in [0.2, 0.25) is 0 Å². The topological polar surface area (TPSA) is 29.3 Å². The summed E-state index contributed by atoms with van der Waals surface area (Å²) >= 11 is 0. The van der Waals surface area contributed by atoms with Crippen molar-refractivity contribution in [2.45, 2.75) is 0 Å². The molecule has 2 aromatic heterocycles. The molecule has 0 N–H and O–H groups in total. The van der Waals surface area contributed by atoms with Crippen LogP contribution in [0, 0.1) is 0 Å². The van der Waals surface area contributed by atoms with Crippen LogP contribution in [0.3, 0.4) is 0 Å². The Morgan fingerprint density at radius 3 is 1.71 bits per heavy atom. The number of hydrogen-bond donors (Lipinski definition) is 0. The second-order valence-electron chi connectivity index (χ2n) is 12.0. The summed E-state index contributed by atoms with van der Waals surface area (Å²) < 4.78 is 6.80. The summed E-state index contributed by atoms with van der Waals surface area (Å²) in [5, 5.41) is 3.18. The summed E-state index contributed by atoms with van der Waals surface area (Å²) in [5.74, 6) is 0. The lowest BCUT2D eigenvalue weighted by molar-refractivity contribution is 0.672. The van der Waals surface area contributed by atoms with Gasteiger partial charge in [0.2, 0.25) is 0 Å². The van der Waals surface area contributed by atoms with Crippen LogP contribution in [0.1, 0.15) is 0 Å². The summed E-state index contributed by atoms with van der Waals surface area (Å²) in [6.07, 6.45) is 1.83. The Morgan fingerprint density at radius 2 is 0.979 bits per heavy atom. The standard InChI is InChI=1S/C45H30N2O/c1-3-11-31(12-4-1)32-20-22-33(23-21-32)34-24-27-37(28-25-34)47(41-18-8-7-16-38(41)35-13-5-2-6-14-35)42-19-9-17-39-40-29-26-36-15-10-30-46-43(36)45(40)48-44(39)42/h1-30H. The zero-order valence-electron chi connectivity index (χ0n) is 26.1. The molecular weight excluding hydrogens is 585 g/mol. The number of pyridine rings is 1. The number of fused-ring (bicyclic) bond motifs is 5. The van der Waals surface area contributed by atoms with Crippen LogP contribution in [0.15, 0.2) is 187 Å². The average Bonchev–Trinajstić information content (AvgIpc) is 3.56. The smallest absolute Gasteiger partial charge is 0.161 e. The van der Waals surface area contributed by atoms with Crippen molar-refractivity contribution in [1.29, 1.82) is 0 Å². The van der Waals surface area contributed by atoms with Gasteiger partial charge in [-0.2, -0.15) is 0 Å². The molecule has 0 saturated heterocycles. The Labute approximate surface area is 279 Å². The van der Waals surface area contributed by atoms with Gasteiger partial charge in [-0.05, 0) is 64.2 Å². The SMILES string of the molecule is c1ccc(-c2ccc(-c3ccc(N(c4ccccc4-c4ccccc4)c4cccc5c4oc4c5ccc5cccnc54)cc3)cc2)cc1. The fourth-order valence-corrected chi connectivity index (χ4v) is 6.78. The van der Waals surface area contributed by atoms with Crippen LogP contribution in [-0.2, 0) is 0 Å². The van der Waals surface area contributed by atoms with Gasteiger partial charge in [0.05, 0.1) is 11.4 Å². The predicted molar refractivity (Wildman–Crippen MR) is 200 cm³/mol. The van der Waals surface area contributed by atoms with Crippen molar-refractivity contribution in [2.75, 3.05) is 4.90 Å². The van der Waals surface area contributed by atoms with Gasteiger partial charge in [0.15, 0.2) is 11.2 Å². The highest BCUT2D eigenvalue weighted by Gasteiger charge is 2.22. The van der Waals surface area contributed by atoms with Crippen molar-refractivity contribution >= 4 is 49.9 Å². The van der Waals surface area contributed by atoms with Crippen molar-refractivity contribution in [2.24, 2.45) is 0 Å². The molecule has 2 heterocycles. The van der Waals surface area contributed by atoms with E-state index in [1.54, 1.807) is 0 Å². The van der Waals surface area contributed by atoms with E-state index in [-0.39, 0.29) is 0 Å². The van der Waals surface area contributed by atoms with Crippen LogP contribution < -0.4 is 4.90 Å². The molecule has 3 nitrogen and oxygen atoms in total. The Kier molecular flexibility index (Phi) is 6.80. The second-order valence-corrected chi connectivity index (χ2v) is 12.0. The van der Waals surface area contributed by atoms with Crippen molar-refractivity contribution in [3.63, 3.8) is 0 Å². The van der Waals surface area contributed by atoms with E-state index in [0.717, 1.165) is 66.6 Å². The zero-order valence-corrected chi connectivity index (χ0v) is 26.1. The molecule has 0 aliphatic carbocycles. The molecule has 48 heavy (non-hydrogen) atoms. The average molecular weight is 615 g/mol. The van der Waals surface area contributed by atoms with E-state index in [1.807, 2.05) is 12.3 Å². The van der Waals surface area contributed by atoms with E-state index in [0.29, 0.717) is 0 Å². The molecule has 0 fully saturated rings. The minimum absolute atomic E-state index is 0.807. The maximum absolute atomic E-state index is 6.80. The molecule has 9 aromatic rings. The highest BCUT2D eigenvalue weighted by atomic mass is 16.3. The number of hydrogen-bond acceptors (Lipinski definition) is 3. The molecule has 0 radical (unpaired) electrons. The van der Waals surface area contributed by atoms with Gasteiger partial charge >= 0.3 is 0 Å². The maximum Gasteiger partial charge on any atom is 0.161 e. The number of aromatic nitrogens is 1. The fourth-order valence-electron chi connectivity index (χ4n) is 6.78. The third-order valence-electron chi connectivity index (χ3n) is 9.14. The quantitative estimate of drug-likeness (QED) is 0.187. The molecule has 0 bridgehead atoms. The maximum atomic E-state index is 6.80. The highest BCUT2D eigenvalue weighted by Crippen LogP contribution is 2.46. The molecule has 0 aliphatic rings. The Hall–Kier alpha value is -6.45. The lowest BCUT2D eigenvalue weighted by atomic mass is 9.99. The lowest BCUT2D eigenvalue weighted by Crippen LogP contribution is -2.11. The zero-order chi connectivity index (χ0) is 31.9. The third kappa shape index (κ3) is 4.81. The lowest BCUT2D eigenvalue weighted by Gasteiger charge is -2.28. The molecule has 3 heteroatoms. The number of benzene rings is 7. The third-order valence-corrected chi connectivity index (χ3v) is 9.14. The summed E-state index contributed by atoms with van der Waals surface area (Å²) in [7, 11) is 0. The Balaban J connectivity index is 1.21. The molecule has 0 saturated carbocycles. The van der Waals surface area contributed by atoms with Crippen LogP contribution >= 0.6 is 0 Å². The van der Waals surface area contributed by atoms with E-state index in [1.165, 1.54) is 16.7 Å². The number of anilines is 3. The largest absolute Gasteiger partial charge is 0.452 e. The molecule has 0 atom stereocenters. The first-order chi connectivity index (χ1) is 23.8.